The number of carbonyl (C=O) groups excluding carboxylic acids is 1. The number of amides is 1. The molecule has 3 rings (SSSR count). The highest BCUT2D eigenvalue weighted by Crippen LogP contribution is 2.24. The molecule has 1 aromatic carbocycles. The SMILES string of the molecule is CC(C)(C)OC(=O)Nc1cc2ccc1COC2. The van der Waals surface area contributed by atoms with Gasteiger partial charge in [-0.05, 0) is 32.4 Å². The minimum Gasteiger partial charge on any atom is -0.444 e. The number of rotatable bonds is 1. The summed E-state index contributed by atoms with van der Waals surface area (Å²) in [5, 5.41) is 2.76. The Hall–Kier alpha value is -1.55. The van der Waals surface area contributed by atoms with Crippen LogP contribution in [0.2, 0.25) is 0 Å². The Morgan fingerprint density at radius 1 is 1.35 bits per heavy atom. The topological polar surface area (TPSA) is 47.6 Å². The van der Waals surface area contributed by atoms with Crippen molar-refractivity contribution < 1.29 is 14.3 Å². The minimum absolute atomic E-state index is 0.433. The van der Waals surface area contributed by atoms with Gasteiger partial charge in [0.2, 0.25) is 0 Å². The van der Waals surface area contributed by atoms with Gasteiger partial charge in [0.1, 0.15) is 5.60 Å². The van der Waals surface area contributed by atoms with Gasteiger partial charge in [-0.1, -0.05) is 12.1 Å². The maximum absolute atomic E-state index is 11.7. The van der Waals surface area contributed by atoms with Gasteiger partial charge in [-0.3, -0.25) is 5.32 Å². The highest BCUT2D eigenvalue weighted by molar-refractivity contribution is 5.86. The Labute approximate surface area is 101 Å². The Morgan fingerprint density at radius 3 is 2.82 bits per heavy atom. The Balaban J connectivity index is 2.10. The fourth-order valence-corrected chi connectivity index (χ4v) is 1.65. The predicted molar refractivity (Wildman–Crippen MR) is 64.8 cm³/mol. The zero-order valence-corrected chi connectivity index (χ0v) is 10.4. The summed E-state index contributed by atoms with van der Waals surface area (Å²) in [6, 6.07) is 5.89. The zero-order valence-electron chi connectivity index (χ0n) is 10.4. The predicted octanol–water partition coefficient (Wildman–Crippen LogP) is 3.06. The van der Waals surface area contributed by atoms with Crippen LogP contribution >= 0.6 is 0 Å². The first-order chi connectivity index (χ1) is 7.94. The minimum atomic E-state index is -0.488. The number of benzene rings is 1. The van der Waals surface area contributed by atoms with Gasteiger partial charge >= 0.3 is 6.09 Å². The van der Waals surface area contributed by atoms with Gasteiger partial charge in [0.05, 0.1) is 13.2 Å². The van der Waals surface area contributed by atoms with Gasteiger partial charge in [-0.2, -0.15) is 0 Å². The molecule has 0 saturated carbocycles. The van der Waals surface area contributed by atoms with Crippen LogP contribution in [0.1, 0.15) is 31.9 Å². The Kier molecular flexibility index (Phi) is 3.07. The van der Waals surface area contributed by atoms with Crippen molar-refractivity contribution in [2.75, 3.05) is 5.32 Å². The molecule has 2 aliphatic rings. The quantitative estimate of drug-likeness (QED) is 0.813. The van der Waals surface area contributed by atoms with Crippen LogP contribution in [0.15, 0.2) is 18.2 Å². The molecule has 1 aromatic rings. The van der Waals surface area contributed by atoms with E-state index in [1.807, 2.05) is 39.0 Å². The summed E-state index contributed by atoms with van der Waals surface area (Å²) < 4.78 is 10.6. The smallest absolute Gasteiger partial charge is 0.412 e. The van der Waals surface area contributed by atoms with Crippen molar-refractivity contribution in [1.82, 2.24) is 0 Å². The van der Waals surface area contributed by atoms with Gasteiger partial charge < -0.3 is 9.47 Å². The molecule has 0 radical (unpaired) electrons. The molecule has 0 atom stereocenters. The number of hydrogen-bond acceptors (Lipinski definition) is 3. The molecule has 0 aliphatic carbocycles. The number of anilines is 1. The molecule has 2 bridgehead atoms. The first-order valence-electron chi connectivity index (χ1n) is 5.63. The average molecular weight is 235 g/mol. The highest BCUT2D eigenvalue weighted by atomic mass is 16.6. The van der Waals surface area contributed by atoms with E-state index in [1.54, 1.807) is 0 Å². The molecule has 2 aliphatic heterocycles. The number of nitrogens with one attached hydrogen (secondary N) is 1. The molecule has 0 aromatic heterocycles. The van der Waals surface area contributed by atoms with Crippen molar-refractivity contribution in [1.29, 1.82) is 0 Å². The van der Waals surface area contributed by atoms with Crippen LogP contribution in [0, 0.1) is 0 Å². The summed E-state index contributed by atoms with van der Waals surface area (Å²) in [6.45, 7) is 6.61. The van der Waals surface area contributed by atoms with Crippen molar-refractivity contribution >= 4 is 11.8 Å². The lowest BCUT2D eigenvalue weighted by molar-refractivity contribution is 0.0635. The van der Waals surface area contributed by atoms with E-state index in [4.69, 9.17) is 9.47 Å². The molecule has 0 unspecified atom stereocenters. The number of hydrogen-bond donors (Lipinski definition) is 1. The maximum Gasteiger partial charge on any atom is 0.412 e. The van der Waals surface area contributed by atoms with Crippen molar-refractivity contribution in [3.05, 3.63) is 29.3 Å². The summed E-state index contributed by atoms with van der Waals surface area (Å²) in [4.78, 5) is 11.7. The fraction of sp³-hybridized carbons (Fsp3) is 0.462. The third kappa shape index (κ3) is 3.20. The first kappa shape index (κ1) is 11.9. The van der Waals surface area contributed by atoms with Crippen LogP contribution in [0.5, 0.6) is 0 Å². The zero-order chi connectivity index (χ0) is 12.5. The van der Waals surface area contributed by atoms with Gasteiger partial charge in [-0.25, -0.2) is 4.79 Å². The van der Waals surface area contributed by atoms with Crippen molar-refractivity contribution in [3.63, 3.8) is 0 Å². The second-order valence-corrected chi connectivity index (χ2v) is 5.11. The second kappa shape index (κ2) is 4.37. The summed E-state index contributed by atoms with van der Waals surface area (Å²) in [7, 11) is 0. The molecule has 1 N–H and O–H groups in total. The molecule has 0 spiro atoms. The van der Waals surface area contributed by atoms with Crippen LogP contribution in [-0.4, -0.2) is 11.7 Å². The van der Waals surface area contributed by atoms with Crippen LogP contribution < -0.4 is 5.32 Å². The van der Waals surface area contributed by atoms with Crippen LogP contribution in [-0.2, 0) is 22.7 Å². The number of ether oxygens (including phenoxy) is 2. The van der Waals surface area contributed by atoms with Gasteiger partial charge in [0, 0.05) is 11.3 Å². The average Bonchev–Trinajstić information content (AvgIpc) is 2.48. The fourth-order valence-electron chi connectivity index (χ4n) is 1.65. The van der Waals surface area contributed by atoms with E-state index in [9.17, 15) is 4.79 Å². The van der Waals surface area contributed by atoms with Crippen LogP contribution in [0.25, 0.3) is 0 Å². The van der Waals surface area contributed by atoms with Crippen molar-refractivity contribution in [2.24, 2.45) is 0 Å². The summed E-state index contributed by atoms with van der Waals surface area (Å²) in [6.07, 6.45) is -0.433. The Bertz CT molecular complexity index is 435. The molecule has 1 amide bonds. The molecule has 92 valence electrons. The van der Waals surface area contributed by atoms with Crippen molar-refractivity contribution in [2.45, 2.75) is 39.6 Å². The van der Waals surface area contributed by atoms with Gasteiger partial charge in [0.15, 0.2) is 0 Å². The van der Waals surface area contributed by atoms with Crippen LogP contribution in [0.3, 0.4) is 0 Å². The van der Waals surface area contributed by atoms with Crippen molar-refractivity contribution in [3.8, 4) is 0 Å². The van der Waals surface area contributed by atoms with E-state index in [0.717, 1.165) is 16.8 Å². The lowest BCUT2D eigenvalue weighted by Crippen LogP contribution is -2.27. The van der Waals surface area contributed by atoms with E-state index in [0.29, 0.717) is 13.2 Å². The molecule has 4 nitrogen and oxygen atoms in total. The summed E-state index contributed by atoms with van der Waals surface area (Å²) >= 11 is 0. The highest BCUT2D eigenvalue weighted by Gasteiger charge is 2.18. The Morgan fingerprint density at radius 2 is 2.12 bits per heavy atom. The summed E-state index contributed by atoms with van der Waals surface area (Å²) in [5.41, 5.74) is 2.31. The summed E-state index contributed by atoms with van der Waals surface area (Å²) in [5.74, 6) is 0. The van der Waals surface area contributed by atoms with Gasteiger partial charge in [0.25, 0.3) is 0 Å². The first-order valence-corrected chi connectivity index (χ1v) is 5.63. The van der Waals surface area contributed by atoms with Gasteiger partial charge in [-0.15, -0.1) is 0 Å². The molecular weight excluding hydrogens is 218 g/mol. The molecule has 0 saturated heterocycles. The maximum atomic E-state index is 11.7. The van der Waals surface area contributed by atoms with E-state index in [1.165, 1.54) is 0 Å². The third-order valence-corrected chi connectivity index (χ3v) is 2.34. The molecule has 0 fully saturated rings. The lowest BCUT2D eigenvalue weighted by atomic mass is 10.1. The van der Waals surface area contributed by atoms with E-state index in [-0.39, 0.29) is 0 Å². The third-order valence-electron chi connectivity index (χ3n) is 2.34. The normalized spacial score (nSPS) is 14.3. The standard InChI is InChI=1S/C13H17NO3/c1-13(2,3)17-12(15)14-11-6-9-4-5-10(11)8-16-7-9/h4-6H,7-8H2,1-3H3,(H,14,15). The number of fused-ring (bicyclic) bond motifs is 4. The largest absolute Gasteiger partial charge is 0.444 e. The lowest BCUT2D eigenvalue weighted by Gasteiger charge is -2.20. The molecular formula is C13H17NO3. The molecule has 2 heterocycles. The van der Waals surface area contributed by atoms with Crippen LogP contribution in [0.4, 0.5) is 10.5 Å². The van der Waals surface area contributed by atoms with E-state index >= 15 is 0 Å². The van der Waals surface area contributed by atoms with E-state index in [2.05, 4.69) is 5.32 Å². The molecule has 17 heavy (non-hydrogen) atoms. The second-order valence-electron chi connectivity index (χ2n) is 5.11. The monoisotopic (exact) mass is 235 g/mol. The number of carbonyl (C=O) groups is 1. The molecule has 4 heteroatoms. The van der Waals surface area contributed by atoms with E-state index < -0.39 is 11.7 Å².